The van der Waals surface area contributed by atoms with E-state index < -0.39 is 0 Å². The third-order valence-corrected chi connectivity index (χ3v) is 5.37. The topological polar surface area (TPSA) is 63.1 Å². The van der Waals surface area contributed by atoms with E-state index in [9.17, 15) is 4.79 Å². The van der Waals surface area contributed by atoms with Crippen molar-refractivity contribution in [3.05, 3.63) is 41.5 Å². The normalized spacial score (nSPS) is 18.8. The Hall–Kier alpha value is -2.37. The van der Waals surface area contributed by atoms with Gasteiger partial charge in [-0.15, -0.1) is 10.2 Å². The van der Waals surface area contributed by atoms with E-state index in [1.54, 1.807) is 0 Å². The van der Waals surface area contributed by atoms with Crippen molar-refractivity contribution in [3.8, 4) is 0 Å². The Bertz CT molecular complexity index is 769. The molecule has 0 saturated heterocycles. The summed E-state index contributed by atoms with van der Waals surface area (Å²) in [6, 6.07) is 9.01. The number of amides is 1. The minimum absolute atomic E-state index is 0.0746. The molecule has 1 aromatic heterocycles. The zero-order valence-corrected chi connectivity index (χ0v) is 14.7. The summed E-state index contributed by atoms with van der Waals surface area (Å²) in [4.78, 5) is 14.7. The highest BCUT2D eigenvalue weighted by Gasteiger charge is 2.23. The van der Waals surface area contributed by atoms with Gasteiger partial charge in [-0.2, -0.15) is 0 Å². The van der Waals surface area contributed by atoms with Gasteiger partial charge in [-0.1, -0.05) is 18.2 Å². The number of hydrogen-bond donors (Lipinski definition) is 1. The van der Waals surface area contributed by atoms with Crippen molar-refractivity contribution in [1.82, 2.24) is 20.1 Å². The molecule has 2 aromatic rings. The standard InChI is InChI=1S/C19H25N5O/c1-14-8-9-15-5-2-3-6-16(15)23(14)12-10-19(25)20-13-18-22-21-17-7-4-11-24(17)18/h2-3,5-6,14H,4,7-13H2,1H3,(H,20,25). The summed E-state index contributed by atoms with van der Waals surface area (Å²) in [7, 11) is 0. The monoisotopic (exact) mass is 339 g/mol. The van der Waals surface area contributed by atoms with Crippen molar-refractivity contribution in [2.75, 3.05) is 11.4 Å². The summed E-state index contributed by atoms with van der Waals surface area (Å²) in [5.74, 6) is 1.99. The number of carbonyl (C=O) groups is 1. The van der Waals surface area contributed by atoms with E-state index in [0.717, 1.165) is 50.4 Å². The third-order valence-electron chi connectivity index (χ3n) is 5.37. The number of benzene rings is 1. The van der Waals surface area contributed by atoms with E-state index in [4.69, 9.17) is 0 Å². The average molecular weight is 339 g/mol. The quantitative estimate of drug-likeness (QED) is 0.906. The van der Waals surface area contributed by atoms with Crippen LogP contribution < -0.4 is 10.2 Å². The number of anilines is 1. The molecule has 6 nitrogen and oxygen atoms in total. The van der Waals surface area contributed by atoms with Crippen LogP contribution in [0.15, 0.2) is 24.3 Å². The first kappa shape index (κ1) is 16.1. The lowest BCUT2D eigenvalue weighted by Crippen LogP contribution is -2.40. The van der Waals surface area contributed by atoms with Gasteiger partial charge in [-0.05, 0) is 37.8 Å². The number of hydrogen-bond acceptors (Lipinski definition) is 4. The Labute approximate surface area is 148 Å². The van der Waals surface area contributed by atoms with Crippen LogP contribution >= 0.6 is 0 Å². The molecule has 0 radical (unpaired) electrons. The number of aryl methyl sites for hydroxylation is 2. The predicted molar refractivity (Wildman–Crippen MR) is 96.4 cm³/mol. The van der Waals surface area contributed by atoms with Gasteiger partial charge in [0.2, 0.25) is 5.91 Å². The number of aromatic nitrogens is 3. The molecule has 2 aliphatic rings. The van der Waals surface area contributed by atoms with Gasteiger partial charge >= 0.3 is 0 Å². The van der Waals surface area contributed by atoms with E-state index in [2.05, 4.69) is 56.2 Å². The molecule has 4 rings (SSSR count). The van der Waals surface area contributed by atoms with Crippen molar-refractivity contribution < 1.29 is 4.79 Å². The fourth-order valence-corrected chi connectivity index (χ4v) is 3.93. The third kappa shape index (κ3) is 3.25. The molecule has 1 unspecified atom stereocenters. The van der Waals surface area contributed by atoms with Gasteiger partial charge in [-0.25, -0.2) is 0 Å². The van der Waals surface area contributed by atoms with Crippen LogP contribution in [0.3, 0.4) is 0 Å². The fourth-order valence-electron chi connectivity index (χ4n) is 3.93. The van der Waals surface area contributed by atoms with Crippen molar-refractivity contribution in [3.63, 3.8) is 0 Å². The Kier molecular flexibility index (Phi) is 4.42. The lowest BCUT2D eigenvalue weighted by Gasteiger charge is -2.37. The largest absolute Gasteiger partial charge is 0.368 e. The van der Waals surface area contributed by atoms with E-state index in [0.29, 0.717) is 19.0 Å². The molecular weight excluding hydrogens is 314 g/mol. The van der Waals surface area contributed by atoms with E-state index in [-0.39, 0.29) is 5.91 Å². The highest BCUT2D eigenvalue weighted by molar-refractivity contribution is 5.76. The predicted octanol–water partition coefficient (Wildman–Crippen LogP) is 2.07. The maximum Gasteiger partial charge on any atom is 0.222 e. The fraction of sp³-hybridized carbons (Fsp3) is 0.526. The van der Waals surface area contributed by atoms with Gasteiger partial charge in [0, 0.05) is 37.7 Å². The maximum atomic E-state index is 12.3. The summed E-state index contributed by atoms with van der Waals surface area (Å²) in [6.45, 7) is 4.43. The molecule has 0 fully saturated rings. The summed E-state index contributed by atoms with van der Waals surface area (Å²) in [5, 5.41) is 11.4. The van der Waals surface area contributed by atoms with Gasteiger partial charge in [-0.3, -0.25) is 4.79 Å². The van der Waals surface area contributed by atoms with Crippen LogP contribution in [0.4, 0.5) is 5.69 Å². The first-order valence-corrected chi connectivity index (χ1v) is 9.24. The zero-order valence-electron chi connectivity index (χ0n) is 14.7. The lowest BCUT2D eigenvalue weighted by molar-refractivity contribution is -0.121. The smallest absolute Gasteiger partial charge is 0.222 e. The van der Waals surface area contributed by atoms with Gasteiger partial charge in [0.05, 0.1) is 6.54 Å². The molecular formula is C19H25N5O. The highest BCUT2D eigenvalue weighted by Crippen LogP contribution is 2.30. The first-order chi connectivity index (χ1) is 12.2. The molecule has 0 aliphatic carbocycles. The number of nitrogens with one attached hydrogen (secondary N) is 1. The van der Waals surface area contributed by atoms with Gasteiger partial charge in [0.1, 0.15) is 5.82 Å². The molecule has 132 valence electrons. The SMILES string of the molecule is CC1CCc2ccccc2N1CCC(=O)NCc1nnc2n1CCC2. The summed E-state index contributed by atoms with van der Waals surface area (Å²) in [5.41, 5.74) is 2.67. The van der Waals surface area contributed by atoms with Crippen LogP contribution in [0, 0.1) is 0 Å². The second-order valence-electron chi connectivity index (χ2n) is 7.02. The van der Waals surface area contributed by atoms with Crippen LogP contribution in [0.2, 0.25) is 0 Å². The van der Waals surface area contributed by atoms with E-state index >= 15 is 0 Å². The van der Waals surface area contributed by atoms with Crippen molar-refractivity contribution in [1.29, 1.82) is 0 Å². The number of para-hydroxylation sites is 1. The maximum absolute atomic E-state index is 12.3. The molecule has 3 heterocycles. The average Bonchev–Trinajstić information content (AvgIpc) is 3.23. The van der Waals surface area contributed by atoms with Crippen molar-refractivity contribution in [2.24, 2.45) is 0 Å². The molecule has 1 amide bonds. The molecule has 0 bridgehead atoms. The van der Waals surface area contributed by atoms with Gasteiger partial charge in [0.25, 0.3) is 0 Å². The molecule has 0 spiro atoms. The van der Waals surface area contributed by atoms with Crippen LogP contribution in [-0.4, -0.2) is 33.3 Å². The van der Waals surface area contributed by atoms with Crippen LogP contribution in [0.25, 0.3) is 0 Å². The Morgan fingerprint density at radius 1 is 1.28 bits per heavy atom. The molecule has 0 saturated carbocycles. The Morgan fingerprint density at radius 3 is 3.08 bits per heavy atom. The number of rotatable bonds is 5. The number of fused-ring (bicyclic) bond motifs is 2. The number of nitrogens with zero attached hydrogens (tertiary/aromatic N) is 4. The van der Waals surface area contributed by atoms with Gasteiger partial charge < -0.3 is 14.8 Å². The van der Waals surface area contributed by atoms with Gasteiger partial charge in [0.15, 0.2) is 5.82 Å². The Balaban J connectivity index is 1.33. The molecule has 6 heteroatoms. The molecule has 1 N–H and O–H groups in total. The summed E-state index contributed by atoms with van der Waals surface area (Å²) in [6.07, 6.45) is 4.88. The minimum Gasteiger partial charge on any atom is -0.368 e. The lowest BCUT2D eigenvalue weighted by atomic mass is 9.96. The summed E-state index contributed by atoms with van der Waals surface area (Å²) >= 11 is 0. The minimum atomic E-state index is 0.0746. The van der Waals surface area contributed by atoms with Crippen LogP contribution in [-0.2, 0) is 30.7 Å². The van der Waals surface area contributed by atoms with Crippen molar-refractivity contribution in [2.45, 2.75) is 58.2 Å². The first-order valence-electron chi connectivity index (χ1n) is 9.24. The van der Waals surface area contributed by atoms with E-state index in [1.165, 1.54) is 11.3 Å². The molecule has 1 aromatic carbocycles. The molecule has 25 heavy (non-hydrogen) atoms. The summed E-state index contributed by atoms with van der Waals surface area (Å²) < 4.78 is 2.13. The molecule has 2 aliphatic heterocycles. The zero-order chi connectivity index (χ0) is 17.2. The van der Waals surface area contributed by atoms with Crippen LogP contribution in [0.5, 0.6) is 0 Å². The highest BCUT2D eigenvalue weighted by atomic mass is 16.1. The second kappa shape index (κ2) is 6.86. The van der Waals surface area contributed by atoms with Crippen LogP contribution in [0.1, 0.15) is 43.4 Å². The second-order valence-corrected chi connectivity index (χ2v) is 7.02. The van der Waals surface area contributed by atoms with Crippen molar-refractivity contribution >= 4 is 11.6 Å². The van der Waals surface area contributed by atoms with E-state index in [1.807, 2.05) is 0 Å². The number of carbonyl (C=O) groups excluding carboxylic acids is 1. The Morgan fingerprint density at radius 2 is 2.16 bits per heavy atom. The molecule has 1 atom stereocenters.